The maximum Gasteiger partial charge on any atom is 0.0346 e. The number of rotatable bonds is 4. The Morgan fingerprint density at radius 3 is 1.00 bits per heavy atom. The zero-order valence-corrected chi connectivity index (χ0v) is 25.4. The summed E-state index contributed by atoms with van der Waals surface area (Å²) in [5, 5.41) is 2.45. The Kier molecular flexibility index (Phi) is 7.02. The first-order valence-corrected chi connectivity index (χ1v) is 14.7. The second-order valence-corrected chi connectivity index (χ2v) is 13.2. The lowest BCUT2D eigenvalue weighted by Crippen LogP contribution is -2.10. The molecule has 2 aromatic heterocycles. The Balaban J connectivity index is 1.71. The fourth-order valence-electron chi connectivity index (χ4n) is 5.80. The van der Waals surface area contributed by atoms with Crippen LogP contribution in [0.3, 0.4) is 0 Å². The maximum absolute atomic E-state index is 4.49. The van der Waals surface area contributed by atoms with E-state index in [4.69, 9.17) is 0 Å². The van der Waals surface area contributed by atoms with E-state index in [0.29, 0.717) is 0 Å². The van der Waals surface area contributed by atoms with Crippen LogP contribution in [0.25, 0.3) is 55.3 Å². The van der Waals surface area contributed by atoms with E-state index in [1.54, 1.807) is 0 Å². The van der Waals surface area contributed by atoms with Crippen LogP contribution in [-0.4, -0.2) is 9.97 Å². The van der Waals surface area contributed by atoms with Gasteiger partial charge in [-0.3, -0.25) is 9.97 Å². The topological polar surface area (TPSA) is 25.8 Å². The van der Waals surface area contributed by atoms with Crippen LogP contribution in [0, 0.1) is 0 Å². The van der Waals surface area contributed by atoms with Gasteiger partial charge in [-0.1, -0.05) is 126 Å². The first-order chi connectivity index (χ1) is 20.1. The molecule has 0 spiro atoms. The molecule has 0 aliphatic rings. The molecule has 0 atom stereocenters. The van der Waals surface area contributed by atoms with Gasteiger partial charge < -0.3 is 0 Å². The van der Waals surface area contributed by atoms with Gasteiger partial charge in [-0.25, -0.2) is 0 Å². The third-order valence-electron chi connectivity index (χ3n) is 8.23. The zero-order valence-electron chi connectivity index (χ0n) is 25.4. The van der Waals surface area contributed by atoms with Crippen LogP contribution >= 0.6 is 0 Å². The van der Waals surface area contributed by atoms with Gasteiger partial charge in [-0.05, 0) is 78.2 Å². The Labute approximate surface area is 250 Å². The predicted octanol–water partition coefficient (Wildman–Crippen LogP) is 10.9. The van der Waals surface area contributed by atoms with Gasteiger partial charge in [0.2, 0.25) is 0 Å². The molecule has 0 fully saturated rings. The number of hydrogen-bond acceptors (Lipinski definition) is 2. The Bertz CT molecular complexity index is 1700. The van der Waals surface area contributed by atoms with Crippen molar-refractivity contribution in [1.82, 2.24) is 9.97 Å². The van der Waals surface area contributed by atoms with Crippen molar-refractivity contribution in [3.05, 3.63) is 133 Å². The summed E-state index contributed by atoms with van der Waals surface area (Å²) in [5.74, 6) is 0. The smallest absolute Gasteiger partial charge is 0.0346 e. The van der Waals surface area contributed by atoms with Gasteiger partial charge in [0.25, 0.3) is 0 Å². The van der Waals surface area contributed by atoms with E-state index >= 15 is 0 Å². The van der Waals surface area contributed by atoms with Gasteiger partial charge in [-0.2, -0.15) is 0 Å². The Hall–Kier alpha value is -4.56. The third kappa shape index (κ3) is 5.25. The molecule has 0 radical (unpaired) electrons. The molecule has 2 heterocycles. The van der Waals surface area contributed by atoms with Crippen LogP contribution in [0.4, 0.5) is 0 Å². The van der Waals surface area contributed by atoms with Crippen LogP contribution in [0.15, 0.2) is 122 Å². The fourth-order valence-corrected chi connectivity index (χ4v) is 5.80. The van der Waals surface area contributed by atoms with Crippen molar-refractivity contribution < 1.29 is 0 Å². The lowest BCUT2D eigenvalue weighted by atomic mass is 9.82. The molecule has 0 aliphatic heterocycles. The number of aromatic nitrogens is 2. The average molecular weight is 547 g/mol. The molecule has 6 rings (SSSR count). The van der Waals surface area contributed by atoms with E-state index < -0.39 is 0 Å². The molecule has 0 saturated carbocycles. The highest BCUT2D eigenvalue weighted by Crippen LogP contribution is 2.45. The third-order valence-corrected chi connectivity index (χ3v) is 8.23. The molecule has 42 heavy (non-hydrogen) atoms. The van der Waals surface area contributed by atoms with Crippen LogP contribution in [0.5, 0.6) is 0 Å². The lowest BCUT2D eigenvalue weighted by molar-refractivity contribution is 0.590. The van der Waals surface area contributed by atoms with Crippen LogP contribution < -0.4 is 0 Å². The first-order valence-electron chi connectivity index (χ1n) is 14.7. The van der Waals surface area contributed by atoms with Crippen molar-refractivity contribution in [3.8, 4) is 44.5 Å². The molecule has 6 aromatic rings. The second kappa shape index (κ2) is 10.7. The Morgan fingerprint density at radius 2 is 0.714 bits per heavy atom. The van der Waals surface area contributed by atoms with Crippen molar-refractivity contribution in [2.75, 3.05) is 0 Å². The van der Waals surface area contributed by atoms with Crippen molar-refractivity contribution in [3.63, 3.8) is 0 Å². The van der Waals surface area contributed by atoms with Crippen LogP contribution in [0.2, 0.25) is 0 Å². The molecular weight excluding hydrogens is 508 g/mol. The molecule has 0 unspecified atom stereocenters. The summed E-state index contributed by atoms with van der Waals surface area (Å²) in [6.45, 7) is 13.6. The molecule has 4 aromatic carbocycles. The lowest BCUT2D eigenvalue weighted by Gasteiger charge is -2.22. The number of hydrogen-bond donors (Lipinski definition) is 0. The monoisotopic (exact) mass is 546 g/mol. The highest BCUT2D eigenvalue weighted by Gasteiger charge is 2.20. The average Bonchev–Trinajstić information content (AvgIpc) is 3.00. The van der Waals surface area contributed by atoms with Gasteiger partial charge in [0, 0.05) is 35.9 Å². The highest BCUT2D eigenvalue weighted by atomic mass is 14.6. The predicted molar refractivity (Wildman–Crippen MR) is 179 cm³/mol. The molecule has 208 valence electrons. The summed E-state index contributed by atoms with van der Waals surface area (Å²) in [5.41, 5.74) is 12.2. The molecule has 0 amide bonds. The first kappa shape index (κ1) is 27.6. The fraction of sp³-hybridized carbons (Fsp3) is 0.200. The summed E-state index contributed by atoms with van der Waals surface area (Å²) < 4.78 is 0. The van der Waals surface area contributed by atoms with E-state index in [2.05, 4.69) is 136 Å². The minimum atomic E-state index is 0.0953. The normalized spacial score (nSPS) is 12.0. The standard InChI is InChI=1S/C40H38N2/c1-39(2,3)31-15-11-27(12-16-31)33-19-21-36(30-10-8-24-42-26-30)38-34(28-13-17-32(18-14-28)40(4,5)6)20-22-35(37(33)38)29-9-7-23-41-25-29/h7-26H,1-6H3. The molecule has 2 heteroatoms. The second-order valence-electron chi connectivity index (χ2n) is 13.2. The summed E-state index contributed by atoms with van der Waals surface area (Å²) in [6.07, 6.45) is 7.61. The van der Waals surface area contributed by atoms with Gasteiger partial charge >= 0.3 is 0 Å². The van der Waals surface area contributed by atoms with E-state index in [1.807, 2.05) is 36.9 Å². The van der Waals surface area contributed by atoms with E-state index in [1.165, 1.54) is 55.3 Å². The summed E-state index contributed by atoms with van der Waals surface area (Å²) in [6, 6.07) is 35.6. The molecule has 0 saturated heterocycles. The molecule has 2 nitrogen and oxygen atoms in total. The quantitative estimate of drug-likeness (QED) is 0.220. The van der Waals surface area contributed by atoms with Crippen LogP contribution in [-0.2, 0) is 10.8 Å². The van der Waals surface area contributed by atoms with E-state index in [9.17, 15) is 0 Å². The molecule has 0 aliphatic carbocycles. The largest absolute Gasteiger partial charge is 0.264 e. The minimum absolute atomic E-state index is 0.0953. The number of fused-ring (bicyclic) bond motifs is 1. The van der Waals surface area contributed by atoms with Crippen molar-refractivity contribution in [1.29, 1.82) is 0 Å². The van der Waals surface area contributed by atoms with E-state index in [-0.39, 0.29) is 10.8 Å². The number of nitrogens with zero attached hydrogens (tertiary/aromatic N) is 2. The van der Waals surface area contributed by atoms with E-state index in [0.717, 1.165) is 11.1 Å². The van der Waals surface area contributed by atoms with Gasteiger partial charge in [-0.15, -0.1) is 0 Å². The number of pyridine rings is 2. The van der Waals surface area contributed by atoms with Crippen LogP contribution in [0.1, 0.15) is 52.7 Å². The van der Waals surface area contributed by atoms with Crippen molar-refractivity contribution in [2.24, 2.45) is 0 Å². The van der Waals surface area contributed by atoms with Gasteiger partial charge in [0.05, 0.1) is 0 Å². The SMILES string of the molecule is CC(C)(C)c1ccc(-c2ccc(-c3cccnc3)c3c(-c4ccc(C(C)(C)C)cc4)ccc(-c4cccnc4)c23)cc1. The summed E-state index contributed by atoms with van der Waals surface area (Å²) in [4.78, 5) is 8.99. The zero-order chi connectivity index (χ0) is 29.5. The molecular formula is C40H38N2. The number of benzene rings is 4. The van der Waals surface area contributed by atoms with Crippen molar-refractivity contribution in [2.45, 2.75) is 52.4 Å². The minimum Gasteiger partial charge on any atom is -0.264 e. The van der Waals surface area contributed by atoms with Gasteiger partial charge in [0.15, 0.2) is 0 Å². The summed E-state index contributed by atoms with van der Waals surface area (Å²) in [7, 11) is 0. The summed E-state index contributed by atoms with van der Waals surface area (Å²) >= 11 is 0. The molecule has 0 N–H and O–H groups in total. The molecule has 0 bridgehead atoms. The maximum atomic E-state index is 4.49. The van der Waals surface area contributed by atoms with Crippen molar-refractivity contribution >= 4 is 10.8 Å². The highest BCUT2D eigenvalue weighted by molar-refractivity contribution is 6.17. The Morgan fingerprint density at radius 1 is 0.381 bits per heavy atom. The van der Waals surface area contributed by atoms with Gasteiger partial charge in [0.1, 0.15) is 0 Å².